The van der Waals surface area contributed by atoms with E-state index in [1.807, 2.05) is 48.5 Å². The molecule has 0 saturated carbocycles. The fourth-order valence-corrected chi connectivity index (χ4v) is 3.75. The van der Waals surface area contributed by atoms with E-state index in [2.05, 4.69) is 13.8 Å². The van der Waals surface area contributed by atoms with Gasteiger partial charge in [0.25, 0.3) is 0 Å². The number of phenols is 2. The number of aromatic hydroxyl groups is 2. The van der Waals surface area contributed by atoms with Crippen molar-refractivity contribution in [1.82, 2.24) is 0 Å². The fourth-order valence-electron chi connectivity index (χ4n) is 3.48. The normalized spacial score (nSPS) is 11.8. The molecule has 0 saturated heterocycles. The molecule has 3 aromatic rings. The Kier molecular flexibility index (Phi) is 5.11. The summed E-state index contributed by atoms with van der Waals surface area (Å²) in [6, 6.07) is 22.2. The van der Waals surface area contributed by atoms with Crippen LogP contribution in [-0.4, -0.2) is 10.2 Å². The molecule has 3 aromatic carbocycles. The molecule has 0 heterocycles. The summed E-state index contributed by atoms with van der Waals surface area (Å²) < 4.78 is 11.1. The lowest BCUT2D eigenvalue weighted by Crippen LogP contribution is -2.28. The summed E-state index contributed by atoms with van der Waals surface area (Å²) in [7, 11) is 0.0142. The lowest BCUT2D eigenvalue weighted by molar-refractivity contribution is 0.452. The smallest absolute Gasteiger partial charge is 0.192 e. The predicted molar refractivity (Wildman–Crippen MR) is 105 cm³/mol. The highest BCUT2D eigenvalue weighted by Gasteiger charge is 2.34. The second-order valence-electron chi connectivity index (χ2n) is 6.98. The molecule has 0 bridgehead atoms. The van der Waals surface area contributed by atoms with E-state index >= 15 is 0 Å². The van der Waals surface area contributed by atoms with Crippen LogP contribution in [0.5, 0.6) is 11.5 Å². The van der Waals surface area contributed by atoms with Crippen LogP contribution in [0.3, 0.4) is 0 Å². The molecule has 0 aliphatic rings. The van der Waals surface area contributed by atoms with E-state index < -0.39 is 0 Å². The summed E-state index contributed by atoms with van der Waals surface area (Å²) in [4.78, 5) is 0. The average molecular weight is 364 g/mol. The van der Waals surface area contributed by atoms with E-state index in [-0.39, 0.29) is 31.3 Å². The molecule has 2 N–H and O–H groups in total. The Morgan fingerprint density at radius 3 is 1.54 bits per heavy atom. The molecule has 132 valence electrons. The molecule has 4 heteroatoms. The van der Waals surface area contributed by atoms with Crippen molar-refractivity contribution in [3.63, 3.8) is 0 Å². The first-order valence-corrected chi connectivity index (χ1v) is 9.25. The highest BCUT2D eigenvalue weighted by molar-refractivity contribution is 7.34. The number of rotatable bonds is 5. The van der Waals surface area contributed by atoms with E-state index in [4.69, 9.17) is 0 Å². The van der Waals surface area contributed by atoms with Crippen LogP contribution in [0.15, 0.2) is 72.8 Å². The maximum atomic E-state index is 11.1. The summed E-state index contributed by atoms with van der Waals surface area (Å²) >= 11 is 0. The second-order valence-corrected chi connectivity index (χ2v) is 7.67. The van der Waals surface area contributed by atoms with Gasteiger partial charge >= 0.3 is 0 Å². The first-order chi connectivity index (χ1) is 12.4. The van der Waals surface area contributed by atoms with Gasteiger partial charge in [-0.1, -0.05) is 50.2 Å². The standard InChI is InChI=1S/C22H21O3P/c1-22(2,17-7-13-20(26-25)14-8-17)21(15-3-9-18(23)10-4-15)16-5-11-19(24)12-6-16/h3-14,21,23-24H,1-2H3. The van der Waals surface area contributed by atoms with Gasteiger partial charge in [0.05, 0.1) is 0 Å². The zero-order chi connectivity index (χ0) is 18.7. The zero-order valence-electron chi connectivity index (χ0n) is 14.8. The highest BCUT2D eigenvalue weighted by Crippen LogP contribution is 2.43. The SMILES string of the molecule is CC(C)(c1ccc(P=O)cc1)C(c1ccc(O)cc1)c1ccc(O)cc1. The number of hydrogen-bond acceptors (Lipinski definition) is 3. The molecule has 0 aromatic heterocycles. The van der Waals surface area contributed by atoms with Gasteiger partial charge in [-0.05, 0) is 53.1 Å². The van der Waals surface area contributed by atoms with Gasteiger partial charge in [0.1, 0.15) is 11.5 Å². The molecule has 0 amide bonds. The van der Waals surface area contributed by atoms with Gasteiger partial charge in [-0.2, -0.15) is 0 Å². The van der Waals surface area contributed by atoms with Gasteiger partial charge in [0, 0.05) is 16.6 Å². The van der Waals surface area contributed by atoms with Crippen LogP contribution in [0.4, 0.5) is 0 Å². The van der Waals surface area contributed by atoms with Crippen LogP contribution in [0.25, 0.3) is 0 Å². The zero-order valence-corrected chi connectivity index (χ0v) is 15.6. The van der Waals surface area contributed by atoms with Crippen LogP contribution >= 0.6 is 8.46 Å². The lowest BCUT2D eigenvalue weighted by atomic mass is 9.67. The first kappa shape index (κ1) is 18.2. The molecule has 0 radical (unpaired) electrons. The minimum atomic E-state index is -0.272. The highest BCUT2D eigenvalue weighted by atomic mass is 31.1. The molecule has 0 aliphatic heterocycles. The molecule has 0 aliphatic carbocycles. The van der Waals surface area contributed by atoms with E-state index in [1.165, 1.54) is 0 Å². The predicted octanol–water partition coefficient (Wildman–Crippen LogP) is 5.12. The van der Waals surface area contributed by atoms with Gasteiger partial charge in [-0.25, -0.2) is 0 Å². The molecule has 0 atom stereocenters. The summed E-state index contributed by atoms with van der Waals surface area (Å²) in [6.45, 7) is 4.34. The molecular formula is C22H21O3P. The number of hydrogen-bond donors (Lipinski definition) is 2. The summed E-state index contributed by atoms with van der Waals surface area (Å²) in [6.07, 6.45) is 0. The Hall–Kier alpha value is -2.64. The Bertz CT molecular complexity index is 837. The van der Waals surface area contributed by atoms with Crippen molar-refractivity contribution >= 4 is 13.8 Å². The van der Waals surface area contributed by atoms with Gasteiger partial charge in [-0.3, -0.25) is 4.57 Å². The molecule has 0 unspecified atom stereocenters. The Balaban J connectivity index is 2.12. The molecule has 26 heavy (non-hydrogen) atoms. The van der Waals surface area contributed by atoms with Crippen molar-refractivity contribution in [2.45, 2.75) is 25.2 Å². The molecule has 3 rings (SSSR count). The Labute approximate surface area is 155 Å². The van der Waals surface area contributed by atoms with Crippen LogP contribution in [0.1, 0.15) is 36.5 Å². The molecule has 0 spiro atoms. The minimum absolute atomic E-state index is 0.0133. The van der Waals surface area contributed by atoms with Gasteiger partial charge < -0.3 is 10.2 Å². The van der Waals surface area contributed by atoms with Crippen molar-refractivity contribution in [2.24, 2.45) is 0 Å². The van der Waals surface area contributed by atoms with E-state index in [0.717, 1.165) is 22.0 Å². The number of benzene rings is 3. The summed E-state index contributed by atoms with van der Waals surface area (Å²) in [5, 5.41) is 20.1. The van der Waals surface area contributed by atoms with Crippen molar-refractivity contribution in [1.29, 1.82) is 0 Å². The Morgan fingerprint density at radius 1 is 0.731 bits per heavy atom. The van der Waals surface area contributed by atoms with Crippen molar-refractivity contribution in [2.75, 3.05) is 0 Å². The minimum Gasteiger partial charge on any atom is -0.508 e. The third-order valence-electron chi connectivity index (χ3n) is 4.89. The first-order valence-electron chi connectivity index (χ1n) is 8.43. The lowest BCUT2D eigenvalue weighted by Gasteiger charge is -2.36. The van der Waals surface area contributed by atoms with Gasteiger partial charge in [0.15, 0.2) is 8.46 Å². The topological polar surface area (TPSA) is 57.5 Å². The summed E-state index contributed by atoms with van der Waals surface area (Å²) in [5.41, 5.74) is 3.00. The van der Waals surface area contributed by atoms with Gasteiger partial charge in [0.2, 0.25) is 0 Å². The van der Waals surface area contributed by atoms with E-state index in [1.54, 1.807) is 24.3 Å². The van der Waals surface area contributed by atoms with Crippen LogP contribution in [0.2, 0.25) is 0 Å². The Morgan fingerprint density at radius 2 is 1.15 bits per heavy atom. The molecule has 0 fully saturated rings. The van der Waals surface area contributed by atoms with E-state index in [9.17, 15) is 14.8 Å². The monoisotopic (exact) mass is 364 g/mol. The van der Waals surface area contributed by atoms with E-state index in [0.29, 0.717) is 0 Å². The third kappa shape index (κ3) is 3.63. The summed E-state index contributed by atoms with van der Waals surface area (Å²) in [5.74, 6) is 0.476. The quantitative estimate of drug-likeness (QED) is 0.618. The second kappa shape index (κ2) is 7.31. The third-order valence-corrected chi connectivity index (χ3v) is 5.40. The molecule has 3 nitrogen and oxygen atoms in total. The van der Waals surface area contributed by atoms with Crippen LogP contribution in [0, 0.1) is 0 Å². The van der Waals surface area contributed by atoms with Crippen molar-refractivity contribution in [3.05, 3.63) is 89.5 Å². The van der Waals surface area contributed by atoms with Crippen molar-refractivity contribution < 1.29 is 14.8 Å². The van der Waals surface area contributed by atoms with Crippen LogP contribution in [-0.2, 0) is 9.98 Å². The molecular weight excluding hydrogens is 343 g/mol. The van der Waals surface area contributed by atoms with Crippen molar-refractivity contribution in [3.8, 4) is 11.5 Å². The van der Waals surface area contributed by atoms with Crippen LogP contribution < -0.4 is 5.30 Å². The average Bonchev–Trinajstić information content (AvgIpc) is 2.65. The maximum Gasteiger partial charge on any atom is 0.192 e. The fraction of sp³-hybridized carbons (Fsp3) is 0.182. The van der Waals surface area contributed by atoms with Gasteiger partial charge in [-0.15, -0.1) is 0 Å². The largest absolute Gasteiger partial charge is 0.508 e. The number of phenolic OH excluding ortho intramolecular Hbond substituents is 2. The maximum absolute atomic E-state index is 11.1.